The molecule has 0 spiro atoms. The number of H-pyrrole nitrogens is 1. The van der Waals surface area contributed by atoms with Crippen LogP contribution in [0.2, 0.25) is 0 Å². The highest BCUT2D eigenvalue weighted by Gasteiger charge is 1.84. The van der Waals surface area contributed by atoms with Crippen LogP contribution in [0.4, 0.5) is 0 Å². The van der Waals surface area contributed by atoms with Crippen LogP contribution in [-0.4, -0.2) is 10.2 Å². The average molecular weight is 109 g/mol. The molecule has 0 aliphatic rings. The highest BCUT2D eigenvalue weighted by atomic mass is 15.1. The lowest BCUT2D eigenvalue weighted by Gasteiger charge is -1.79. The third kappa shape index (κ3) is 0.964. The first kappa shape index (κ1) is 3.89. The fourth-order valence-corrected chi connectivity index (χ4v) is 0.507. The van der Waals surface area contributed by atoms with E-state index in [1.165, 1.54) is 0 Å². The molecule has 42 valence electrons. The molecule has 0 unspecified atom stereocenters. The number of nitrogens with one attached hydrogen (secondary N) is 1. The maximum atomic E-state index is 7.16. The second kappa shape index (κ2) is 2.31. The van der Waals surface area contributed by atoms with Gasteiger partial charge in [-0.05, 0) is 12.0 Å². The van der Waals surface area contributed by atoms with Gasteiger partial charge in [-0.2, -0.15) is 5.10 Å². The normalized spacial score (nSPS) is 10.8. The minimum absolute atomic E-state index is 0.315. The molecule has 0 fully saturated rings. The van der Waals surface area contributed by atoms with Gasteiger partial charge in [0.25, 0.3) is 0 Å². The van der Waals surface area contributed by atoms with Crippen LogP contribution >= 0.6 is 0 Å². The van der Waals surface area contributed by atoms with Gasteiger partial charge in [0.1, 0.15) is 0 Å². The summed E-state index contributed by atoms with van der Waals surface area (Å²) in [5, 5.41) is 6.23. The Morgan fingerprint density at radius 3 is 3.50 bits per heavy atom. The zero-order valence-corrected chi connectivity index (χ0v) is 4.52. The highest BCUT2D eigenvalue weighted by molar-refractivity contribution is 5.06. The Morgan fingerprint density at radius 2 is 3.00 bits per heavy atom. The van der Waals surface area contributed by atoms with E-state index < -0.39 is 0 Å². The average Bonchev–Trinajstić information content (AvgIpc) is 2.18. The van der Waals surface area contributed by atoms with Crippen LogP contribution in [0.5, 0.6) is 0 Å². The number of aromatic amines is 1. The predicted octanol–water partition coefficient (Wildman–Crippen LogP) is 1.14. The van der Waals surface area contributed by atoms with E-state index >= 15 is 0 Å². The molecule has 0 saturated heterocycles. The monoisotopic (exact) mass is 109 g/mol. The van der Waals surface area contributed by atoms with Crippen LogP contribution in [0.15, 0.2) is 25.0 Å². The molecule has 1 N–H and O–H groups in total. The quantitative estimate of drug-likeness (QED) is 0.567. The summed E-state index contributed by atoms with van der Waals surface area (Å²) in [6, 6.07) is 0. The Bertz CT molecular complexity index is 205. The Kier molecular flexibility index (Phi) is 1.12. The minimum atomic E-state index is 0.315. The molecule has 1 aromatic rings. The van der Waals surface area contributed by atoms with Gasteiger partial charge in [0.05, 0.1) is 7.54 Å². The summed E-state index contributed by atoms with van der Waals surface area (Å²) < 4.78 is 7.16. The van der Waals surface area contributed by atoms with E-state index in [1.807, 2.05) is 0 Å². The molecule has 0 aromatic carbocycles. The van der Waals surface area contributed by atoms with Crippen molar-refractivity contribution in [2.45, 2.75) is 6.42 Å². The van der Waals surface area contributed by atoms with Gasteiger partial charge in [-0.25, -0.2) is 0 Å². The predicted molar refractivity (Wildman–Crippen MR) is 32.5 cm³/mol. The topological polar surface area (TPSA) is 28.7 Å². The lowest BCUT2D eigenvalue weighted by atomic mass is 10.3. The molecule has 1 heterocycles. The van der Waals surface area contributed by atoms with Crippen LogP contribution in [0.25, 0.3) is 0 Å². The smallest absolute Gasteiger partial charge is 0.0863 e. The van der Waals surface area contributed by atoms with E-state index in [9.17, 15) is 0 Å². The molecule has 2 nitrogen and oxygen atoms in total. The summed E-state index contributed by atoms with van der Waals surface area (Å²) in [6.45, 7) is 3.55. The molecule has 1 rings (SSSR count). The summed E-state index contributed by atoms with van der Waals surface area (Å²) in [5.74, 6) is 0. The van der Waals surface area contributed by atoms with Crippen LogP contribution in [-0.2, 0) is 6.42 Å². The van der Waals surface area contributed by atoms with Crippen LogP contribution in [0, 0.1) is 0 Å². The second-order valence-corrected chi connectivity index (χ2v) is 1.52. The number of hydrogen-bond donors (Lipinski definition) is 1. The van der Waals surface area contributed by atoms with Crippen LogP contribution in [0.3, 0.4) is 0 Å². The lowest BCUT2D eigenvalue weighted by molar-refractivity contribution is 1.09. The second-order valence-electron chi connectivity index (χ2n) is 1.52. The fraction of sp³-hybridized carbons (Fsp3) is 0.167. The number of hydrogen-bond acceptors (Lipinski definition) is 1. The Labute approximate surface area is 49.6 Å². The molecular formula is C6H8N2. The highest BCUT2D eigenvalue weighted by Crippen LogP contribution is 1.93. The minimum Gasteiger partial charge on any atom is -0.285 e. The van der Waals surface area contributed by atoms with Crippen molar-refractivity contribution >= 4 is 0 Å². The van der Waals surface area contributed by atoms with E-state index in [1.54, 1.807) is 12.3 Å². The number of rotatable bonds is 2. The van der Waals surface area contributed by atoms with Gasteiger partial charge in [0, 0.05) is 6.20 Å². The van der Waals surface area contributed by atoms with Crippen molar-refractivity contribution in [3.63, 3.8) is 0 Å². The standard InChI is InChI=1S/C6H8N2/c1-2-3-6-4-7-8-5-6/h2,4-5H,1,3H2,(H,7,8)/i4D. The van der Waals surface area contributed by atoms with Crippen molar-refractivity contribution < 1.29 is 1.37 Å². The van der Waals surface area contributed by atoms with Gasteiger partial charge in [0.2, 0.25) is 0 Å². The SMILES string of the molecule is [2H]c1n[nH]cc1CC=C. The van der Waals surface area contributed by atoms with E-state index in [-0.39, 0.29) is 0 Å². The Balaban J connectivity index is 2.80. The van der Waals surface area contributed by atoms with Crippen molar-refractivity contribution in [3.05, 3.63) is 30.6 Å². The first-order valence-electron chi connectivity index (χ1n) is 2.94. The summed E-state index contributed by atoms with van der Waals surface area (Å²) >= 11 is 0. The first-order valence-corrected chi connectivity index (χ1v) is 2.44. The van der Waals surface area contributed by atoms with E-state index in [0.29, 0.717) is 6.17 Å². The third-order valence-electron chi connectivity index (χ3n) is 0.867. The largest absolute Gasteiger partial charge is 0.285 e. The number of allylic oxidation sites excluding steroid dienone is 1. The van der Waals surface area contributed by atoms with Crippen molar-refractivity contribution in [2.24, 2.45) is 0 Å². The molecule has 8 heavy (non-hydrogen) atoms. The molecule has 1 aromatic heterocycles. The molecule has 0 amide bonds. The van der Waals surface area contributed by atoms with Crippen molar-refractivity contribution in [1.82, 2.24) is 10.2 Å². The summed E-state index contributed by atoms with van der Waals surface area (Å²) in [5.41, 5.74) is 0.894. The molecule has 0 aliphatic carbocycles. The van der Waals surface area contributed by atoms with Crippen LogP contribution < -0.4 is 0 Å². The molecule has 0 saturated carbocycles. The number of nitrogens with zero attached hydrogens (tertiary/aromatic N) is 1. The summed E-state index contributed by atoms with van der Waals surface area (Å²) in [6.07, 6.45) is 4.50. The van der Waals surface area contributed by atoms with Gasteiger partial charge in [-0.1, -0.05) is 6.08 Å². The van der Waals surface area contributed by atoms with Crippen molar-refractivity contribution in [3.8, 4) is 0 Å². The van der Waals surface area contributed by atoms with E-state index in [0.717, 1.165) is 12.0 Å². The maximum Gasteiger partial charge on any atom is 0.0863 e. The van der Waals surface area contributed by atoms with Crippen molar-refractivity contribution in [2.75, 3.05) is 0 Å². The fourth-order valence-electron chi connectivity index (χ4n) is 0.507. The van der Waals surface area contributed by atoms with Gasteiger partial charge in [-0.15, -0.1) is 6.58 Å². The Morgan fingerprint density at radius 1 is 2.12 bits per heavy atom. The molecule has 0 bridgehead atoms. The molecule has 0 aliphatic heterocycles. The van der Waals surface area contributed by atoms with Gasteiger partial charge >= 0.3 is 0 Å². The first-order chi connectivity index (χ1) is 4.34. The molecule has 0 radical (unpaired) electrons. The summed E-state index contributed by atoms with van der Waals surface area (Å²) in [7, 11) is 0. The van der Waals surface area contributed by atoms with E-state index in [4.69, 9.17) is 1.37 Å². The number of aromatic nitrogens is 2. The third-order valence-corrected chi connectivity index (χ3v) is 0.867. The van der Waals surface area contributed by atoms with E-state index in [2.05, 4.69) is 16.8 Å². The van der Waals surface area contributed by atoms with Gasteiger partial charge in [0.15, 0.2) is 0 Å². The van der Waals surface area contributed by atoms with Crippen LogP contribution in [0.1, 0.15) is 6.93 Å². The lowest BCUT2D eigenvalue weighted by Crippen LogP contribution is -1.70. The van der Waals surface area contributed by atoms with Gasteiger partial charge in [-0.3, -0.25) is 5.10 Å². The Hall–Kier alpha value is -1.05. The van der Waals surface area contributed by atoms with Gasteiger partial charge < -0.3 is 0 Å². The molecule has 0 atom stereocenters. The maximum absolute atomic E-state index is 7.16. The molecular weight excluding hydrogens is 100 g/mol. The summed E-state index contributed by atoms with van der Waals surface area (Å²) in [4.78, 5) is 0. The van der Waals surface area contributed by atoms with Crippen molar-refractivity contribution in [1.29, 1.82) is 0 Å². The zero-order valence-electron chi connectivity index (χ0n) is 5.52. The zero-order chi connectivity index (χ0) is 6.69. The molecule has 2 heteroatoms.